The number of alkyl halides is 2. The van der Waals surface area contributed by atoms with Crippen LogP contribution in [0.1, 0.15) is 29.3 Å². The fraction of sp³-hybridized carbons (Fsp3) is 0.429. The maximum atomic E-state index is 12.6. The standard InChI is InChI=1S/C11H16N3O2.C10H12F2N2.K/c1-8-5-4-6-9(10(8)7-16-12)11(13-2)14-15-3;1-2-8-5-9(3-4-13-8)14-6-10(11,12)7-14;/h4-6H,7,12H2,1-3H3;3-5H,2,6-7H2,1H3;/q-1;;+1. The monoisotopic (exact) mass is 459 g/mol. The Morgan fingerprint density at radius 2 is 2.03 bits per heavy atom. The molecule has 0 spiro atoms. The van der Waals surface area contributed by atoms with Gasteiger partial charge < -0.3 is 15.1 Å². The molecule has 0 saturated carbocycles. The quantitative estimate of drug-likeness (QED) is 0.299. The smallest absolute Gasteiger partial charge is 0.497 e. The largest absolute Gasteiger partial charge is 1.00 e. The van der Waals surface area contributed by atoms with E-state index in [0.717, 1.165) is 34.5 Å². The predicted octanol–water partition coefficient (Wildman–Crippen LogP) is 0.800. The van der Waals surface area contributed by atoms with Crippen LogP contribution in [0.15, 0.2) is 41.7 Å². The van der Waals surface area contributed by atoms with Gasteiger partial charge in [-0.2, -0.15) is 0 Å². The van der Waals surface area contributed by atoms with Gasteiger partial charge in [-0.1, -0.05) is 32.2 Å². The van der Waals surface area contributed by atoms with Crippen LogP contribution in [0.3, 0.4) is 0 Å². The van der Waals surface area contributed by atoms with Crippen molar-refractivity contribution < 1.29 is 69.8 Å². The average Bonchev–Trinajstić information content (AvgIpc) is 2.72. The number of anilines is 1. The van der Waals surface area contributed by atoms with Gasteiger partial charge in [-0.25, -0.2) is 14.7 Å². The Hall–Kier alpha value is -1.14. The SMILES string of the molecule is CCc1cc(N2CC(F)(F)C2)ccn1.C[N-]/C(=N/OC)c1cccc(C)c1CON.[K+]. The van der Waals surface area contributed by atoms with Crippen molar-refractivity contribution in [3.05, 3.63) is 64.2 Å². The fourth-order valence-corrected chi connectivity index (χ4v) is 3.03. The molecule has 31 heavy (non-hydrogen) atoms. The predicted molar refractivity (Wildman–Crippen MR) is 114 cm³/mol. The van der Waals surface area contributed by atoms with Gasteiger partial charge in [-0.15, -0.1) is 0 Å². The van der Waals surface area contributed by atoms with E-state index in [9.17, 15) is 8.78 Å². The molecule has 1 aliphatic rings. The molecule has 0 aliphatic carbocycles. The first-order chi connectivity index (χ1) is 14.3. The first-order valence-corrected chi connectivity index (χ1v) is 9.54. The maximum absolute atomic E-state index is 12.6. The number of halogens is 2. The molecule has 2 heterocycles. The second kappa shape index (κ2) is 13.4. The van der Waals surface area contributed by atoms with E-state index in [0.29, 0.717) is 12.4 Å². The zero-order valence-electron chi connectivity index (χ0n) is 18.7. The number of hydrogen-bond donors (Lipinski definition) is 1. The van der Waals surface area contributed by atoms with Gasteiger partial charge in [0.15, 0.2) is 0 Å². The number of rotatable bonds is 6. The van der Waals surface area contributed by atoms with Gasteiger partial charge in [0.05, 0.1) is 26.8 Å². The zero-order chi connectivity index (χ0) is 22.1. The zero-order valence-corrected chi connectivity index (χ0v) is 21.9. The summed E-state index contributed by atoms with van der Waals surface area (Å²) in [6.07, 6.45) is 2.50. The third kappa shape index (κ3) is 8.05. The molecule has 0 bridgehead atoms. The van der Waals surface area contributed by atoms with E-state index < -0.39 is 5.92 Å². The molecule has 1 aromatic heterocycles. The number of amidine groups is 1. The normalized spacial score (nSPS) is 14.5. The summed E-state index contributed by atoms with van der Waals surface area (Å²) in [5, 5.41) is 7.91. The van der Waals surface area contributed by atoms with Crippen molar-refractivity contribution in [1.29, 1.82) is 0 Å². The van der Waals surface area contributed by atoms with Crippen LogP contribution in [0.4, 0.5) is 14.5 Å². The number of aromatic nitrogens is 1. The van der Waals surface area contributed by atoms with Gasteiger partial charge in [-0.05, 0) is 48.0 Å². The van der Waals surface area contributed by atoms with E-state index in [1.54, 1.807) is 24.2 Å². The van der Waals surface area contributed by atoms with Crippen molar-refractivity contribution in [2.45, 2.75) is 32.8 Å². The Morgan fingerprint density at radius 1 is 1.32 bits per heavy atom. The minimum absolute atomic E-state index is 0. The van der Waals surface area contributed by atoms with E-state index in [4.69, 9.17) is 10.7 Å². The van der Waals surface area contributed by atoms with Crippen molar-refractivity contribution in [3.8, 4) is 0 Å². The molecule has 0 atom stereocenters. The number of hydrogen-bond acceptors (Lipinski definition) is 6. The molecule has 0 unspecified atom stereocenters. The number of aryl methyl sites for hydroxylation is 2. The molecule has 3 rings (SSSR count). The van der Waals surface area contributed by atoms with E-state index in [2.05, 4.69) is 20.3 Å². The Balaban J connectivity index is 0.000000302. The van der Waals surface area contributed by atoms with Gasteiger partial charge >= 0.3 is 51.4 Å². The number of oxime groups is 1. The van der Waals surface area contributed by atoms with Crippen LogP contribution in [-0.4, -0.2) is 44.0 Å². The van der Waals surface area contributed by atoms with Gasteiger partial charge in [-0.3, -0.25) is 15.0 Å². The van der Waals surface area contributed by atoms with E-state index in [1.807, 2.05) is 38.1 Å². The van der Waals surface area contributed by atoms with Gasteiger partial charge in [0, 0.05) is 17.6 Å². The summed E-state index contributed by atoms with van der Waals surface area (Å²) in [5.41, 5.74) is 4.71. The minimum atomic E-state index is -2.50. The van der Waals surface area contributed by atoms with Gasteiger partial charge in [0.1, 0.15) is 0 Å². The van der Waals surface area contributed by atoms with Crippen LogP contribution in [0, 0.1) is 6.92 Å². The molecule has 0 amide bonds. The summed E-state index contributed by atoms with van der Waals surface area (Å²) in [6.45, 7) is 3.97. The van der Waals surface area contributed by atoms with Crippen molar-refractivity contribution in [2.75, 3.05) is 32.1 Å². The Labute approximate surface area is 224 Å². The molecular weight excluding hydrogens is 431 g/mol. The van der Waals surface area contributed by atoms with Crippen LogP contribution in [0.25, 0.3) is 5.32 Å². The summed E-state index contributed by atoms with van der Waals surface area (Å²) >= 11 is 0. The molecule has 1 aromatic carbocycles. The minimum Gasteiger partial charge on any atom is -0.497 e. The fourth-order valence-electron chi connectivity index (χ4n) is 3.03. The molecule has 10 heteroatoms. The molecule has 1 fully saturated rings. The molecule has 1 aliphatic heterocycles. The van der Waals surface area contributed by atoms with Crippen molar-refractivity contribution in [3.63, 3.8) is 0 Å². The second-order valence-electron chi connectivity index (χ2n) is 6.80. The molecule has 2 aromatic rings. The van der Waals surface area contributed by atoms with Crippen LogP contribution in [0.2, 0.25) is 0 Å². The van der Waals surface area contributed by atoms with Crippen molar-refractivity contribution >= 4 is 11.5 Å². The van der Waals surface area contributed by atoms with Crippen molar-refractivity contribution in [2.24, 2.45) is 11.1 Å². The third-order valence-electron chi connectivity index (χ3n) is 4.64. The number of pyridine rings is 1. The van der Waals surface area contributed by atoms with Crippen LogP contribution in [0.5, 0.6) is 0 Å². The van der Waals surface area contributed by atoms with E-state index >= 15 is 0 Å². The molecule has 2 N–H and O–H groups in total. The van der Waals surface area contributed by atoms with Gasteiger partial charge in [0.25, 0.3) is 5.92 Å². The third-order valence-corrected chi connectivity index (χ3v) is 4.64. The first-order valence-electron chi connectivity index (χ1n) is 9.54. The summed E-state index contributed by atoms with van der Waals surface area (Å²) in [6, 6.07) is 9.47. The average molecular weight is 460 g/mol. The van der Waals surface area contributed by atoms with Crippen molar-refractivity contribution in [1.82, 2.24) is 4.98 Å². The Morgan fingerprint density at radius 3 is 2.58 bits per heavy atom. The molecule has 164 valence electrons. The van der Waals surface area contributed by atoms with Crippen LogP contribution >= 0.6 is 0 Å². The summed E-state index contributed by atoms with van der Waals surface area (Å²) < 4.78 is 25.2. The van der Waals surface area contributed by atoms with E-state index in [1.165, 1.54) is 7.11 Å². The topological polar surface area (TPSA) is 87.1 Å². The molecule has 7 nitrogen and oxygen atoms in total. The summed E-state index contributed by atoms with van der Waals surface area (Å²) in [4.78, 5) is 15.2. The number of benzene rings is 1. The van der Waals surface area contributed by atoms with Gasteiger partial charge in [0.2, 0.25) is 0 Å². The molecule has 1 saturated heterocycles. The first kappa shape index (κ1) is 27.9. The number of nitrogens with two attached hydrogens (primary N) is 1. The Bertz CT molecular complexity index is 859. The summed E-state index contributed by atoms with van der Waals surface area (Å²) in [5.74, 6) is 3.13. The molecule has 0 radical (unpaired) electrons. The summed E-state index contributed by atoms with van der Waals surface area (Å²) in [7, 11) is 3.15. The van der Waals surface area contributed by atoms with E-state index in [-0.39, 0.29) is 64.5 Å². The maximum Gasteiger partial charge on any atom is 1.00 e. The molecular formula is C21H28F2KN5O2. The van der Waals surface area contributed by atoms with Crippen LogP contribution < -0.4 is 62.2 Å². The second-order valence-corrected chi connectivity index (χ2v) is 6.80. The van der Waals surface area contributed by atoms with Crippen LogP contribution in [-0.2, 0) is 22.7 Å². The number of nitrogens with zero attached hydrogens (tertiary/aromatic N) is 4. The Kier molecular flexibility index (Phi) is 12.1.